The minimum absolute atomic E-state index is 0.121. The van der Waals surface area contributed by atoms with Crippen LogP contribution in [0.1, 0.15) is 37.0 Å². The number of amides is 1. The van der Waals surface area contributed by atoms with Gasteiger partial charge < -0.3 is 10.4 Å². The van der Waals surface area contributed by atoms with Crippen LogP contribution in [0.15, 0.2) is 23.6 Å². The Morgan fingerprint density at radius 3 is 2.57 bits per heavy atom. The van der Waals surface area contributed by atoms with Crippen molar-refractivity contribution >= 4 is 23.2 Å². The second-order valence-corrected chi connectivity index (χ2v) is 5.82. The van der Waals surface area contributed by atoms with Crippen molar-refractivity contribution in [3.8, 4) is 0 Å². The number of carboxylic acid groups (broad SMARTS) is 1. The quantitative estimate of drug-likeness (QED) is 0.889. The Hall–Kier alpha value is -2.21. The Kier molecular flexibility index (Phi) is 4.70. The fourth-order valence-electron chi connectivity index (χ4n) is 1.97. The molecular weight excluding hydrogens is 288 g/mol. The van der Waals surface area contributed by atoms with Crippen LogP contribution < -0.4 is 5.32 Å². The molecule has 1 heterocycles. The molecule has 5 nitrogen and oxygen atoms in total. The van der Waals surface area contributed by atoms with E-state index in [0.29, 0.717) is 18.5 Å². The summed E-state index contributed by atoms with van der Waals surface area (Å²) >= 11 is 1.58. The van der Waals surface area contributed by atoms with Crippen molar-refractivity contribution in [3.63, 3.8) is 0 Å². The van der Waals surface area contributed by atoms with Crippen LogP contribution in [0.2, 0.25) is 0 Å². The SMILES string of the molecule is Cc1cc(C(=O)O)cc(C(=O)NCCc2csc(C)n2)c1. The average molecular weight is 304 g/mol. The van der Waals surface area contributed by atoms with Crippen LogP contribution in [-0.4, -0.2) is 28.5 Å². The maximum atomic E-state index is 12.0. The van der Waals surface area contributed by atoms with Gasteiger partial charge >= 0.3 is 5.97 Å². The largest absolute Gasteiger partial charge is 0.478 e. The van der Waals surface area contributed by atoms with E-state index in [1.54, 1.807) is 24.3 Å². The molecule has 2 aromatic rings. The highest BCUT2D eigenvalue weighted by molar-refractivity contribution is 7.09. The lowest BCUT2D eigenvalue weighted by Crippen LogP contribution is -2.26. The van der Waals surface area contributed by atoms with E-state index in [9.17, 15) is 9.59 Å². The number of benzene rings is 1. The second-order valence-electron chi connectivity index (χ2n) is 4.76. The molecule has 0 aliphatic heterocycles. The molecule has 6 heteroatoms. The van der Waals surface area contributed by atoms with Gasteiger partial charge in [-0.25, -0.2) is 9.78 Å². The minimum Gasteiger partial charge on any atom is -0.478 e. The van der Waals surface area contributed by atoms with Gasteiger partial charge in [-0.05, 0) is 37.6 Å². The molecule has 0 radical (unpaired) electrons. The summed E-state index contributed by atoms with van der Waals surface area (Å²) in [6, 6.07) is 4.60. The second kappa shape index (κ2) is 6.49. The van der Waals surface area contributed by atoms with Gasteiger partial charge in [0.15, 0.2) is 0 Å². The van der Waals surface area contributed by atoms with E-state index >= 15 is 0 Å². The molecule has 0 atom stereocenters. The number of thiazole rings is 1. The maximum Gasteiger partial charge on any atom is 0.335 e. The van der Waals surface area contributed by atoms with Gasteiger partial charge in [0.2, 0.25) is 0 Å². The van der Waals surface area contributed by atoms with E-state index in [0.717, 1.165) is 16.3 Å². The van der Waals surface area contributed by atoms with Crippen molar-refractivity contribution in [1.29, 1.82) is 0 Å². The molecule has 2 rings (SSSR count). The van der Waals surface area contributed by atoms with Crippen molar-refractivity contribution in [2.75, 3.05) is 6.54 Å². The molecule has 0 spiro atoms. The molecule has 2 N–H and O–H groups in total. The van der Waals surface area contributed by atoms with Crippen LogP contribution >= 0.6 is 11.3 Å². The summed E-state index contributed by atoms with van der Waals surface area (Å²) < 4.78 is 0. The highest BCUT2D eigenvalue weighted by Gasteiger charge is 2.11. The standard InChI is InChI=1S/C15H16N2O3S/c1-9-5-11(7-12(6-9)15(19)20)14(18)16-4-3-13-8-21-10(2)17-13/h5-8H,3-4H2,1-2H3,(H,16,18)(H,19,20). The fourth-order valence-corrected chi connectivity index (χ4v) is 2.61. The molecule has 0 saturated carbocycles. The summed E-state index contributed by atoms with van der Waals surface area (Å²) in [5, 5.41) is 14.8. The molecule has 0 bridgehead atoms. The van der Waals surface area contributed by atoms with E-state index in [1.807, 2.05) is 12.3 Å². The van der Waals surface area contributed by atoms with Crippen molar-refractivity contribution in [2.45, 2.75) is 20.3 Å². The molecule has 1 amide bonds. The van der Waals surface area contributed by atoms with Gasteiger partial charge in [-0.15, -0.1) is 11.3 Å². The van der Waals surface area contributed by atoms with Crippen LogP contribution in [0, 0.1) is 13.8 Å². The number of carboxylic acids is 1. The smallest absolute Gasteiger partial charge is 0.335 e. The third-order valence-corrected chi connectivity index (χ3v) is 3.74. The summed E-state index contributed by atoms with van der Waals surface area (Å²) in [4.78, 5) is 27.4. The number of nitrogens with zero attached hydrogens (tertiary/aromatic N) is 1. The number of rotatable bonds is 5. The molecule has 0 fully saturated rings. The van der Waals surface area contributed by atoms with Gasteiger partial charge in [0, 0.05) is 23.9 Å². The number of aromatic carboxylic acids is 1. The summed E-state index contributed by atoms with van der Waals surface area (Å²) in [6.07, 6.45) is 0.660. The van der Waals surface area contributed by atoms with Crippen LogP contribution in [0.3, 0.4) is 0 Å². The maximum absolute atomic E-state index is 12.0. The number of carbonyl (C=O) groups is 2. The highest BCUT2D eigenvalue weighted by atomic mass is 32.1. The van der Waals surface area contributed by atoms with Gasteiger partial charge in [-0.2, -0.15) is 0 Å². The molecule has 110 valence electrons. The Balaban J connectivity index is 1.98. The van der Waals surface area contributed by atoms with Gasteiger partial charge in [-0.3, -0.25) is 4.79 Å². The van der Waals surface area contributed by atoms with E-state index < -0.39 is 5.97 Å². The normalized spacial score (nSPS) is 10.4. The first-order valence-corrected chi connectivity index (χ1v) is 7.38. The number of aryl methyl sites for hydroxylation is 2. The fraction of sp³-hybridized carbons (Fsp3) is 0.267. The zero-order chi connectivity index (χ0) is 15.4. The summed E-state index contributed by atoms with van der Waals surface area (Å²) in [6.45, 7) is 4.17. The first-order valence-electron chi connectivity index (χ1n) is 6.50. The van der Waals surface area contributed by atoms with Crippen LogP contribution in [0.25, 0.3) is 0 Å². The summed E-state index contributed by atoms with van der Waals surface area (Å²) in [5.74, 6) is -1.31. The van der Waals surface area contributed by atoms with Crippen molar-refractivity contribution in [3.05, 3.63) is 51.0 Å². The minimum atomic E-state index is -1.04. The first kappa shape index (κ1) is 15.2. The predicted molar refractivity (Wildman–Crippen MR) is 81.0 cm³/mol. The van der Waals surface area contributed by atoms with Gasteiger partial charge in [0.1, 0.15) is 0 Å². The molecular formula is C15H16N2O3S. The Morgan fingerprint density at radius 1 is 1.24 bits per heavy atom. The molecule has 1 aromatic carbocycles. The first-order chi connectivity index (χ1) is 9.95. The van der Waals surface area contributed by atoms with Crippen LogP contribution in [0.4, 0.5) is 0 Å². The summed E-state index contributed by atoms with van der Waals surface area (Å²) in [5.41, 5.74) is 2.18. The average Bonchev–Trinajstić information content (AvgIpc) is 2.83. The molecule has 0 aliphatic rings. The molecule has 1 aromatic heterocycles. The van der Waals surface area contributed by atoms with Gasteiger partial charge in [0.25, 0.3) is 5.91 Å². The van der Waals surface area contributed by atoms with Crippen molar-refractivity contribution in [2.24, 2.45) is 0 Å². The number of hydrogen-bond donors (Lipinski definition) is 2. The number of nitrogens with one attached hydrogen (secondary N) is 1. The number of hydrogen-bond acceptors (Lipinski definition) is 4. The molecule has 0 saturated heterocycles. The van der Waals surface area contributed by atoms with Gasteiger partial charge in [0.05, 0.1) is 16.3 Å². The van der Waals surface area contributed by atoms with E-state index in [2.05, 4.69) is 10.3 Å². The van der Waals surface area contributed by atoms with E-state index in [4.69, 9.17) is 5.11 Å². The Morgan fingerprint density at radius 2 is 1.95 bits per heavy atom. The molecule has 21 heavy (non-hydrogen) atoms. The van der Waals surface area contributed by atoms with Crippen LogP contribution in [-0.2, 0) is 6.42 Å². The van der Waals surface area contributed by atoms with Crippen molar-refractivity contribution in [1.82, 2.24) is 10.3 Å². The number of carbonyl (C=O) groups excluding carboxylic acids is 1. The predicted octanol–water partition coefficient (Wildman–Crippen LogP) is 2.43. The molecule has 0 aliphatic carbocycles. The van der Waals surface area contributed by atoms with E-state index in [-0.39, 0.29) is 11.5 Å². The lowest BCUT2D eigenvalue weighted by Gasteiger charge is -2.06. The van der Waals surface area contributed by atoms with E-state index in [1.165, 1.54) is 12.1 Å². The molecule has 0 unspecified atom stereocenters. The highest BCUT2D eigenvalue weighted by Crippen LogP contribution is 2.11. The Bertz CT molecular complexity index is 679. The van der Waals surface area contributed by atoms with Gasteiger partial charge in [-0.1, -0.05) is 0 Å². The Labute approximate surface area is 126 Å². The summed E-state index contributed by atoms with van der Waals surface area (Å²) in [7, 11) is 0. The van der Waals surface area contributed by atoms with Crippen LogP contribution in [0.5, 0.6) is 0 Å². The topological polar surface area (TPSA) is 79.3 Å². The monoisotopic (exact) mass is 304 g/mol. The van der Waals surface area contributed by atoms with Crippen molar-refractivity contribution < 1.29 is 14.7 Å². The third kappa shape index (κ3) is 4.13. The zero-order valence-corrected chi connectivity index (χ0v) is 12.7. The third-order valence-electron chi connectivity index (χ3n) is 2.92. The number of aromatic nitrogens is 1. The lowest BCUT2D eigenvalue weighted by atomic mass is 10.1. The zero-order valence-electron chi connectivity index (χ0n) is 11.8. The lowest BCUT2D eigenvalue weighted by molar-refractivity contribution is 0.0696.